The van der Waals surface area contributed by atoms with Gasteiger partial charge in [0.25, 0.3) is 5.91 Å². The zero-order chi connectivity index (χ0) is 18.1. The average molecular weight is 345 g/mol. The lowest BCUT2D eigenvalue weighted by atomic mass is 10.1. The van der Waals surface area contributed by atoms with E-state index in [0.717, 1.165) is 12.8 Å². The molecule has 0 atom stereocenters. The summed E-state index contributed by atoms with van der Waals surface area (Å²) in [5.74, 6) is -0.430. The van der Waals surface area contributed by atoms with Gasteiger partial charge in [-0.05, 0) is 18.6 Å². The number of fused-ring (bicyclic) bond motifs is 1. The number of unbranched alkanes of at least 4 members (excludes halogenated alkanes) is 7. The topological polar surface area (TPSA) is 79.5 Å². The highest BCUT2D eigenvalue weighted by atomic mass is 16.3. The van der Waals surface area contributed by atoms with Crippen molar-refractivity contribution in [3.8, 4) is 5.75 Å². The Kier molecular flexibility index (Phi) is 7.51. The molecule has 2 N–H and O–H groups in total. The first-order valence-corrected chi connectivity index (χ1v) is 9.17. The highest BCUT2D eigenvalue weighted by molar-refractivity contribution is 5.93. The molecule has 0 aliphatic rings. The van der Waals surface area contributed by atoms with Crippen LogP contribution in [-0.2, 0) is 0 Å². The lowest BCUT2D eigenvalue weighted by Crippen LogP contribution is -2.25. The summed E-state index contributed by atoms with van der Waals surface area (Å²) in [4.78, 5) is 24.1. The summed E-state index contributed by atoms with van der Waals surface area (Å²) < 4.78 is 5.45. The zero-order valence-electron chi connectivity index (χ0n) is 14.8. The van der Waals surface area contributed by atoms with Crippen molar-refractivity contribution in [1.29, 1.82) is 0 Å². The molecule has 0 spiro atoms. The van der Waals surface area contributed by atoms with E-state index in [9.17, 15) is 14.7 Å². The average Bonchev–Trinajstić information content (AvgIpc) is 2.59. The van der Waals surface area contributed by atoms with Crippen LogP contribution in [0.4, 0.5) is 0 Å². The van der Waals surface area contributed by atoms with Gasteiger partial charge in [0.05, 0.1) is 5.39 Å². The minimum absolute atomic E-state index is 0.00727. The Morgan fingerprint density at radius 2 is 1.72 bits per heavy atom. The molecule has 5 nitrogen and oxygen atoms in total. The fraction of sp³-hybridized carbons (Fsp3) is 0.500. The summed E-state index contributed by atoms with van der Waals surface area (Å²) in [6, 6.07) is 5.44. The van der Waals surface area contributed by atoms with Gasteiger partial charge in [-0.3, -0.25) is 9.59 Å². The van der Waals surface area contributed by atoms with Crippen molar-refractivity contribution in [3.05, 3.63) is 40.2 Å². The number of phenols is 1. The monoisotopic (exact) mass is 345 g/mol. The molecule has 2 aromatic rings. The number of rotatable bonds is 10. The van der Waals surface area contributed by atoms with Crippen molar-refractivity contribution in [3.63, 3.8) is 0 Å². The van der Waals surface area contributed by atoms with Crippen molar-refractivity contribution >= 4 is 16.9 Å². The molecule has 1 aromatic carbocycles. The molecule has 2 rings (SSSR count). The van der Waals surface area contributed by atoms with E-state index in [2.05, 4.69) is 12.2 Å². The van der Waals surface area contributed by atoms with Gasteiger partial charge in [0.15, 0.2) is 11.2 Å². The summed E-state index contributed by atoms with van der Waals surface area (Å²) in [5.41, 5.74) is -0.0804. The maximum atomic E-state index is 12.1. The van der Waals surface area contributed by atoms with Crippen molar-refractivity contribution in [2.75, 3.05) is 6.54 Å². The number of carbonyl (C=O) groups excluding carboxylic acids is 1. The summed E-state index contributed by atoms with van der Waals surface area (Å²) >= 11 is 0. The second-order valence-electron chi connectivity index (χ2n) is 6.39. The van der Waals surface area contributed by atoms with Crippen molar-refractivity contribution in [2.24, 2.45) is 0 Å². The summed E-state index contributed by atoms with van der Waals surface area (Å²) in [6.07, 6.45) is 9.60. The number of benzene rings is 1. The van der Waals surface area contributed by atoms with Crippen molar-refractivity contribution in [2.45, 2.75) is 58.3 Å². The van der Waals surface area contributed by atoms with E-state index in [4.69, 9.17) is 4.42 Å². The van der Waals surface area contributed by atoms with Crippen molar-refractivity contribution in [1.82, 2.24) is 5.32 Å². The molecule has 0 fully saturated rings. The fourth-order valence-electron chi connectivity index (χ4n) is 2.80. The van der Waals surface area contributed by atoms with Crippen molar-refractivity contribution < 1.29 is 14.3 Å². The smallest absolute Gasteiger partial charge is 0.287 e. The molecule has 0 saturated heterocycles. The van der Waals surface area contributed by atoms with Crippen LogP contribution in [0.5, 0.6) is 5.75 Å². The van der Waals surface area contributed by atoms with Crippen LogP contribution in [0.15, 0.2) is 33.5 Å². The lowest BCUT2D eigenvalue weighted by Gasteiger charge is -2.06. The number of hydrogen-bond acceptors (Lipinski definition) is 4. The van der Waals surface area contributed by atoms with Gasteiger partial charge in [0.1, 0.15) is 11.3 Å². The Hall–Kier alpha value is -2.30. The van der Waals surface area contributed by atoms with E-state index in [1.807, 2.05) is 0 Å². The maximum absolute atomic E-state index is 12.1. The van der Waals surface area contributed by atoms with Gasteiger partial charge >= 0.3 is 0 Å². The van der Waals surface area contributed by atoms with Crippen LogP contribution >= 0.6 is 0 Å². The molecule has 0 aliphatic heterocycles. The second kappa shape index (κ2) is 9.87. The largest absolute Gasteiger partial charge is 0.508 e. The molecule has 0 bridgehead atoms. The number of phenolic OH excluding ortho intramolecular Hbond substituents is 1. The third-order valence-electron chi connectivity index (χ3n) is 4.25. The molecule has 1 heterocycles. The number of carbonyl (C=O) groups is 1. The predicted octanol–water partition coefficient (Wildman–Crippen LogP) is 4.37. The molecule has 0 radical (unpaired) electrons. The zero-order valence-corrected chi connectivity index (χ0v) is 14.8. The van der Waals surface area contributed by atoms with Gasteiger partial charge in [-0.15, -0.1) is 0 Å². The van der Waals surface area contributed by atoms with Crippen LogP contribution in [-0.4, -0.2) is 17.6 Å². The Labute approximate surface area is 148 Å². The predicted molar refractivity (Wildman–Crippen MR) is 99.1 cm³/mol. The first-order chi connectivity index (χ1) is 12.1. The first kappa shape index (κ1) is 19.0. The molecule has 5 heteroatoms. The van der Waals surface area contributed by atoms with Crippen LogP contribution in [0.25, 0.3) is 11.0 Å². The number of aromatic hydroxyl groups is 1. The minimum atomic E-state index is -0.398. The molecule has 0 unspecified atom stereocenters. The van der Waals surface area contributed by atoms with E-state index < -0.39 is 5.91 Å². The molecule has 25 heavy (non-hydrogen) atoms. The molecule has 1 amide bonds. The van der Waals surface area contributed by atoms with E-state index in [-0.39, 0.29) is 22.5 Å². The van der Waals surface area contributed by atoms with E-state index >= 15 is 0 Å². The van der Waals surface area contributed by atoms with Gasteiger partial charge in [-0.1, -0.05) is 51.9 Å². The lowest BCUT2D eigenvalue weighted by molar-refractivity contribution is 0.0925. The van der Waals surface area contributed by atoms with Gasteiger partial charge in [-0.2, -0.15) is 0 Å². The molecule has 0 aliphatic carbocycles. The molecule has 0 saturated carbocycles. The van der Waals surface area contributed by atoms with E-state index in [0.29, 0.717) is 11.9 Å². The quantitative estimate of drug-likeness (QED) is 0.627. The maximum Gasteiger partial charge on any atom is 0.287 e. The normalized spacial score (nSPS) is 10.9. The minimum Gasteiger partial charge on any atom is -0.508 e. The Balaban J connectivity index is 1.77. The Morgan fingerprint density at radius 3 is 2.44 bits per heavy atom. The van der Waals surface area contributed by atoms with Crippen LogP contribution in [0, 0.1) is 0 Å². The SMILES string of the molecule is CCCCCCCCCCNC(=O)c1cc(=O)c2ccc(O)cc2o1. The number of hydrogen-bond donors (Lipinski definition) is 2. The summed E-state index contributed by atoms with van der Waals surface area (Å²) in [5, 5.41) is 12.6. The first-order valence-electron chi connectivity index (χ1n) is 9.17. The molecule has 136 valence electrons. The Bertz CT molecular complexity index is 751. The fourth-order valence-corrected chi connectivity index (χ4v) is 2.80. The van der Waals surface area contributed by atoms with E-state index in [1.165, 1.54) is 62.8 Å². The third-order valence-corrected chi connectivity index (χ3v) is 4.25. The molecular formula is C20H27NO4. The highest BCUT2D eigenvalue weighted by Gasteiger charge is 2.12. The summed E-state index contributed by atoms with van der Waals surface area (Å²) in [6.45, 7) is 2.78. The third kappa shape index (κ3) is 5.93. The van der Waals surface area contributed by atoms with Crippen LogP contribution in [0.2, 0.25) is 0 Å². The van der Waals surface area contributed by atoms with Gasteiger partial charge < -0.3 is 14.8 Å². The van der Waals surface area contributed by atoms with Crippen LogP contribution in [0.3, 0.4) is 0 Å². The second-order valence-corrected chi connectivity index (χ2v) is 6.39. The summed E-state index contributed by atoms with van der Waals surface area (Å²) in [7, 11) is 0. The number of amides is 1. The number of nitrogens with one attached hydrogen (secondary N) is 1. The Morgan fingerprint density at radius 1 is 1.04 bits per heavy atom. The van der Waals surface area contributed by atoms with E-state index in [1.54, 1.807) is 0 Å². The van der Waals surface area contributed by atoms with Gasteiger partial charge in [0.2, 0.25) is 0 Å². The molecule has 1 aromatic heterocycles. The van der Waals surface area contributed by atoms with Gasteiger partial charge in [0, 0.05) is 18.7 Å². The molecular weight excluding hydrogens is 318 g/mol. The van der Waals surface area contributed by atoms with Gasteiger partial charge in [-0.25, -0.2) is 0 Å². The van der Waals surface area contributed by atoms with Crippen LogP contribution < -0.4 is 10.7 Å². The van der Waals surface area contributed by atoms with Crippen LogP contribution in [0.1, 0.15) is 68.8 Å². The standard InChI is InChI=1S/C20H27NO4/c1-2-3-4-5-6-7-8-9-12-21-20(24)19-14-17(23)16-11-10-15(22)13-18(16)25-19/h10-11,13-14,22H,2-9,12H2,1H3,(H,21,24). The highest BCUT2D eigenvalue weighted by Crippen LogP contribution is 2.18.